The topological polar surface area (TPSA) is 89.9 Å². The maximum atomic E-state index is 12.2. The van der Waals surface area contributed by atoms with E-state index in [0.717, 1.165) is 12.0 Å². The van der Waals surface area contributed by atoms with Gasteiger partial charge in [-0.05, 0) is 60.0 Å². The Morgan fingerprint density at radius 2 is 1.73 bits per heavy atom. The Morgan fingerprint density at radius 3 is 2.40 bits per heavy atom. The summed E-state index contributed by atoms with van der Waals surface area (Å²) in [5.41, 5.74) is 5.22. The lowest BCUT2D eigenvalue weighted by atomic mass is 10.1. The van der Waals surface area contributed by atoms with Gasteiger partial charge in [-0.15, -0.1) is 0 Å². The number of nitrogens with one attached hydrogen (secondary N) is 1. The molecule has 7 heteroatoms. The molecule has 0 saturated heterocycles. The smallest absolute Gasteiger partial charge is 0.343 e. The molecule has 3 rings (SSSR count). The van der Waals surface area contributed by atoms with Crippen LogP contribution < -0.4 is 14.9 Å². The van der Waals surface area contributed by atoms with Crippen molar-refractivity contribution in [2.45, 2.75) is 13.3 Å². The first-order chi connectivity index (χ1) is 14.6. The minimum Gasteiger partial charge on any atom is -0.493 e. The number of pyridine rings is 1. The largest absolute Gasteiger partial charge is 0.493 e. The first-order valence-electron chi connectivity index (χ1n) is 9.33. The summed E-state index contributed by atoms with van der Waals surface area (Å²) in [5, 5.41) is 3.98. The maximum Gasteiger partial charge on any atom is 0.343 e. The fourth-order valence-electron chi connectivity index (χ4n) is 2.62. The van der Waals surface area contributed by atoms with Crippen LogP contribution >= 0.6 is 0 Å². The predicted octanol–water partition coefficient (Wildman–Crippen LogP) is 3.64. The highest BCUT2D eigenvalue weighted by Crippen LogP contribution is 2.28. The van der Waals surface area contributed by atoms with Crippen molar-refractivity contribution in [2.75, 3.05) is 7.11 Å². The van der Waals surface area contributed by atoms with Gasteiger partial charge < -0.3 is 9.47 Å². The van der Waals surface area contributed by atoms with E-state index in [1.165, 1.54) is 25.7 Å². The maximum absolute atomic E-state index is 12.2. The van der Waals surface area contributed by atoms with E-state index in [1.807, 2.05) is 12.1 Å². The summed E-state index contributed by atoms with van der Waals surface area (Å²) in [6.45, 7) is 2.05. The molecule has 0 unspecified atom stereocenters. The standard InChI is InChI=1S/C23H21N3O4/c1-3-16-4-7-18(8-5-16)22(27)26-25-15-17-6-9-20(21(14-17)29-2)30-23(28)19-10-12-24-13-11-19/h4-15H,3H2,1-2H3,(H,26,27)/b25-15-. The lowest BCUT2D eigenvalue weighted by molar-refractivity contribution is 0.0729. The molecular weight excluding hydrogens is 382 g/mol. The Labute approximate surface area is 174 Å². The number of hydrogen-bond donors (Lipinski definition) is 1. The molecule has 1 aromatic heterocycles. The van der Waals surface area contributed by atoms with Crippen LogP contribution in [0.2, 0.25) is 0 Å². The van der Waals surface area contributed by atoms with Crippen molar-refractivity contribution in [1.29, 1.82) is 0 Å². The van der Waals surface area contributed by atoms with Crippen LogP contribution in [0, 0.1) is 0 Å². The monoisotopic (exact) mass is 403 g/mol. The molecule has 152 valence electrons. The van der Waals surface area contributed by atoms with Crippen LogP contribution in [0.1, 0.15) is 38.8 Å². The molecule has 0 fully saturated rings. The van der Waals surface area contributed by atoms with Crippen molar-refractivity contribution >= 4 is 18.1 Å². The fraction of sp³-hybridized carbons (Fsp3) is 0.130. The first-order valence-corrected chi connectivity index (χ1v) is 9.33. The van der Waals surface area contributed by atoms with E-state index in [1.54, 1.807) is 42.5 Å². The molecule has 0 spiro atoms. The summed E-state index contributed by atoms with van der Waals surface area (Å²) in [6, 6.07) is 15.4. The van der Waals surface area contributed by atoms with Gasteiger partial charge >= 0.3 is 5.97 Å². The molecular formula is C23H21N3O4. The van der Waals surface area contributed by atoms with Gasteiger partial charge in [-0.1, -0.05) is 19.1 Å². The Kier molecular flexibility index (Phi) is 6.89. The number of amides is 1. The van der Waals surface area contributed by atoms with Crippen LogP contribution in [0.25, 0.3) is 0 Å². The summed E-state index contributed by atoms with van der Waals surface area (Å²) < 4.78 is 10.7. The molecule has 0 aliphatic rings. The van der Waals surface area contributed by atoms with Gasteiger partial charge in [0.15, 0.2) is 11.5 Å². The number of nitrogens with zero attached hydrogens (tertiary/aromatic N) is 2. The van der Waals surface area contributed by atoms with Crippen LogP contribution in [0.3, 0.4) is 0 Å². The lowest BCUT2D eigenvalue weighted by Crippen LogP contribution is -2.17. The molecule has 0 saturated carbocycles. The molecule has 30 heavy (non-hydrogen) atoms. The Morgan fingerprint density at radius 1 is 1.00 bits per heavy atom. The molecule has 0 bridgehead atoms. The van der Waals surface area contributed by atoms with Crippen LogP contribution in [0.4, 0.5) is 0 Å². The van der Waals surface area contributed by atoms with E-state index >= 15 is 0 Å². The van der Waals surface area contributed by atoms with Crippen molar-refractivity contribution in [2.24, 2.45) is 5.10 Å². The van der Waals surface area contributed by atoms with Gasteiger partial charge in [0.2, 0.25) is 0 Å². The number of carbonyl (C=O) groups excluding carboxylic acids is 2. The zero-order valence-corrected chi connectivity index (χ0v) is 16.7. The summed E-state index contributed by atoms with van der Waals surface area (Å²) in [5.74, 6) is -0.179. The van der Waals surface area contributed by atoms with Gasteiger partial charge in [-0.3, -0.25) is 9.78 Å². The van der Waals surface area contributed by atoms with Crippen molar-refractivity contribution in [3.05, 3.63) is 89.2 Å². The van der Waals surface area contributed by atoms with Crippen LogP contribution in [-0.2, 0) is 6.42 Å². The third-order valence-corrected chi connectivity index (χ3v) is 4.31. The number of methoxy groups -OCH3 is 1. The number of hydrazone groups is 1. The molecule has 1 N–H and O–H groups in total. The Balaban J connectivity index is 1.65. The van der Waals surface area contributed by atoms with Gasteiger partial charge in [0.05, 0.1) is 18.9 Å². The number of benzene rings is 2. The minimum atomic E-state index is -0.515. The average Bonchev–Trinajstić information content (AvgIpc) is 2.80. The number of hydrogen-bond acceptors (Lipinski definition) is 6. The second-order valence-electron chi connectivity index (χ2n) is 6.29. The van der Waals surface area contributed by atoms with Gasteiger partial charge in [0.1, 0.15) is 0 Å². The highest BCUT2D eigenvalue weighted by molar-refractivity contribution is 5.95. The van der Waals surface area contributed by atoms with Crippen molar-refractivity contribution in [3.63, 3.8) is 0 Å². The van der Waals surface area contributed by atoms with Gasteiger partial charge in [-0.25, -0.2) is 10.2 Å². The number of rotatable bonds is 7. The fourth-order valence-corrected chi connectivity index (χ4v) is 2.62. The minimum absolute atomic E-state index is 0.275. The van der Waals surface area contributed by atoms with Gasteiger partial charge in [0, 0.05) is 18.0 Å². The molecule has 0 aliphatic carbocycles. The molecule has 1 heterocycles. The normalized spacial score (nSPS) is 10.6. The summed E-state index contributed by atoms with van der Waals surface area (Å²) in [6.07, 6.45) is 5.42. The Hall–Kier alpha value is -4.00. The van der Waals surface area contributed by atoms with Crippen molar-refractivity contribution in [3.8, 4) is 11.5 Å². The molecule has 3 aromatic rings. The summed E-state index contributed by atoms with van der Waals surface area (Å²) >= 11 is 0. The predicted molar refractivity (Wildman–Crippen MR) is 113 cm³/mol. The Bertz CT molecular complexity index is 1050. The highest BCUT2D eigenvalue weighted by atomic mass is 16.6. The van der Waals surface area contributed by atoms with E-state index in [4.69, 9.17) is 9.47 Å². The van der Waals surface area contributed by atoms with Crippen LogP contribution in [-0.4, -0.2) is 30.2 Å². The average molecular weight is 403 g/mol. The third kappa shape index (κ3) is 5.29. The highest BCUT2D eigenvalue weighted by Gasteiger charge is 2.12. The SMILES string of the molecule is CCc1ccc(C(=O)N/N=C\c2ccc(OC(=O)c3ccncc3)c(OC)c2)cc1. The number of aromatic nitrogens is 1. The molecule has 1 amide bonds. The molecule has 7 nitrogen and oxygen atoms in total. The summed E-state index contributed by atoms with van der Waals surface area (Å²) in [4.78, 5) is 28.2. The van der Waals surface area contributed by atoms with E-state index in [9.17, 15) is 9.59 Å². The second-order valence-corrected chi connectivity index (χ2v) is 6.29. The van der Waals surface area contributed by atoms with Crippen molar-refractivity contribution in [1.82, 2.24) is 10.4 Å². The first kappa shape index (κ1) is 20.7. The van der Waals surface area contributed by atoms with E-state index < -0.39 is 5.97 Å². The molecule has 2 aromatic carbocycles. The quantitative estimate of drug-likeness (QED) is 0.282. The summed E-state index contributed by atoms with van der Waals surface area (Å²) in [7, 11) is 1.47. The molecule has 0 aliphatic heterocycles. The van der Waals surface area contributed by atoms with Crippen LogP contribution in [0.15, 0.2) is 72.1 Å². The van der Waals surface area contributed by atoms with Crippen LogP contribution in [0.5, 0.6) is 11.5 Å². The second kappa shape index (κ2) is 9.97. The lowest BCUT2D eigenvalue weighted by Gasteiger charge is -2.09. The van der Waals surface area contributed by atoms with E-state index in [-0.39, 0.29) is 11.7 Å². The number of carbonyl (C=O) groups is 2. The molecule has 0 radical (unpaired) electrons. The number of esters is 1. The number of aryl methyl sites for hydroxylation is 1. The van der Waals surface area contributed by atoms with Gasteiger partial charge in [0.25, 0.3) is 5.91 Å². The zero-order valence-electron chi connectivity index (χ0n) is 16.7. The zero-order chi connectivity index (χ0) is 21.3. The van der Waals surface area contributed by atoms with E-state index in [2.05, 4.69) is 22.4 Å². The van der Waals surface area contributed by atoms with E-state index in [0.29, 0.717) is 22.4 Å². The third-order valence-electron chi connectivity index (χ3n) is 4.31. The molecule has 0 atom stereocenters. The van der Waals surface area contributed by atoms with Gasteiger partial charge in [-0.2, -0.15) is 5.10 Å². The van der Waals surface area contributed by atoms with Crippen molar-refractivity contribution < 1.29 is 19.1 Å². The number of ether oxygens (including phenoxy) is 2.